The minimum atomic E-state index is -0.528. The van der Waals surface area contributed by atoms with E-state index in [4.69, 9.17) is 15.2 Å². The second-order valence-electron chi connectivity index (χ2n) is 6.78. The van der Waals surface area contributed by atoms with E-state index < -0.39 is 5.91 Å². The fourth-order valence-corrected chi connectivity index (χ4v) is 3.30. The van der Waals surface area contributed by atoms with Crippen LogP contribution in [-0.4, -0.2) is 34.1 Å². The van der Waals surface area contributed by atoms with Crippen molar-refractivity contribution < 1.29 is 14.3 Å². The summed E-state index contributed by atoms with van der Waals surface area (Å²) in [6.07, 6.45) is 3.01. The molecule has 1 aliphatic rings. The molecule has 1 aliphatic heterocycles. The lowest BCUT2D eigenvalue weighted by molar-refractivity contribution is 0.100. The van der Waals surface area contributed by atoms with Crippen molar-refractivity contribution in [1.82, 2.24) is 15.0 Å². The van der Waals surface area contributed by atoms with E-state index in [-0.39, 0.29) is 12.0 Å². The fraction of sp³-hybridized carbons (Fsp3) is 0.316. The summed E-state index contributed by atoms with van der Waals surface area (Å²) in [6.45, 7) is 5.31. The van der Waals surface area contributed by atoms with Gasteiger partial charge in [-0.25, -0.2) is 9.97 Å². The predicted octanol–water partition coefficient (Wildman–Crippen LogP) is 2.64. The Labute approximate surface area is 156 Å². The highest BCUT2D eigenvalue weighted by Gasteiger charge is 2.22. The summed E-state index contributed by atoms with van der Waals surface area (Å²) >= 11 is 0. The summed E-state index contributed by atoms with van der Waals surface area (Å²) in [5.74, 6) is 1.76. The summed E-state index contributed by atoms with van der Waals surface area (Å²) in [5.41, 5.74) is 7.46. The van der Waals surface area contributed by atoms with Crippen molar-refractivity contribution in [3.63, 3.8) is 0 Å². The first kappa shape index (κ1) is 17.1. The molecule has 0 spiro atoms. The van der Waals surface area contributed by atoms with E-state index >= 15 is 0 Å². The number of nitrogens with one attached hydrogen (secondary N) is 2. The van der Waals surface area contributed by atoms with Gasteiger partial charge in [-0.15, -0.1) is 0 Å². The first-order valence-electron chi connectivity index (χ1n) is 8.82. The maximum Gasteiger partial charge on any atom is 0.251 e. The second-order valence-corrected chi connectivity index (χ2v) is 6.78. The number of carbonyl (C=O) groups excluding carboxylic acids is 1. The molecule has 8 heteroatoms. The number of aromatic amines is 1. The number of primary amides is 1. The fourth-order valence-electron chi connectivity index (χ4n) is 3.30. The third-order valence-corrected chi connectivity index (χ3v) is 4.62. The lowest BCUT2D eigenvalue weighted by Gasteiger charge is -2.26. The van der Waals surface area contributed by atoms with E-state index in [0.29, 0.717) is 35.6 Å². The molecule has 27 heavy (non-hydrogen) atoms. The van der Waals surface area contributed by atoms with Gasteiger partial charge in [-0.2, -0.15) is 0 Å². The zero-order valence-electron chi connectivity index (χ0n) is 15.2. The Morgan fingerprint density at radius 2 is 2.00 bits per heavy atom. The first-order chi connectivity index (χ1) is 13.0. The Morgan fingerprint density at radius 3 is 2.74 bits per heavy atom. The standard InChI is InChI=1S/C19H21N5O3/c1-10(2)16(11-3-4-13-14(7-11)27-6-5-26-13)24-19-15-12(17(20)25)8-21-18(15)22-9-23-19/h3-4,7-10,16H,5-6H2,1-2H3,(H2,20,25)(H2,21,22,23,24)/t16-/m1/s1. The molecule has 0 saturated carbocycles. The number of nitrogens with two attached hydrogens (primary N) is 1. The quantitative estimate of drug-likeness (QED) is 0.638. The summed E-state index contributed by atoms with van der Waals surface area (Å²) in [7, 11) is 0. The molecule has 3 aromatic rings. The number of H-pyrrole nitrogens is 1. The number of amides is 1. The molecule has 4 N–H and O–H groups in total. The Morgan fingerprint density at radius 1 is 1.22 bits per heavy atom. The number of hydrogen-bond acceptors (Lipinski definition) is 6. The summed E-state index contributed by atoms with van der Waals surface area (Å²) in [4.78, 5) is 23.3. The molecule has 1 amide bonds. The Hall–Kier alpha value is -3.29. The molecule has 1 atom stereocenters. The van der Waals surface area contributed by atoms with Crippen LogP contribution in [-0.2, 0) is 0 Å². The van der Waals surface area contributed by atoms with Crippen molar-refractivity contribution in [2.45, 2.75) is 19.9 Å². The van der Waals surface area contributed by atoms with Crippen LogP contribution in [0.15, 0.2) is 30.7 Å². The van der Waals surface area contributed by atoms with Crippen LogP contribution in [0.25, 0.3) is 11.0 Å². The molecule has 4 rings (SSSR count). The summed E-state index contributed by atoms with van der Waals surface area (Å²) in [6, 6.07) is 5.85. The van der Waals surface area contributed by atoms with Gasteiger partial charge in [-0.1, -0.05) is 19.9 Å². The van der Waals surface area contributed by atoms with Crippen LogP contribution in [0.5, 0.6) is 11.5 Å². The number of ether oxygens (including phenoxy) is 2. The smallest absolute Gasteiger partial charge is 0.251 e. The van der Waals surface area contributed by atoms with Gasteiger partial charge in [0.15, 0.2) is 11.5 Å². The topological polar surface area (TPSA) is 115 Å². The van der Waals surface area contributed by atoms with Crippen LogP contribution >= 0.6 is 0 Å². The maximum absolute atomic E-state index is 11.8. The van der Waals surface area contributed by atoms with Crippen LogP contribution in [0, 0.1) is 5.92 Å². The molecule has 140 valence electrons. The van der Waals surface area contributed by atoms with E-state index in [1.807, 2.05) is 18.2 Å². The van der Waals surface area contributed by atoms with Gasteiger partial charge < -0.3 is 25.5 Å². The van der Waals surface area contributed by atoms with Gasteiger partial charge in [0.25, 0.3) is 5.91 Å². The van der Waals surface area contributed by atoms with Gasteiger partial charge >= 0.3 is 0 Å². The molecule has 0 aliphatic carbocycles. The molecule has 3 heterocycles. The van der Waals surface area contributed by atoms with Crippen molar-refractivity contribution in [3.05, 3.63) is 41.9 Å². The van der Waals surface area contributed by atoms with Crippen molar-refractivity contribution in [2.75, 3.05) is 18.5 Å². The number of carbonyl (C=O) groups is 1. The number of nitrogens with zero attached hydrogens (tertiary/aromatic N) is 2. The highest BCUT2D eigenvalue weighted by molar-refractivity contribution is 6.08. The third kappa shape index (κ3) is 3.14. The number of aromatic nitrogens is 3. The highest BCUT2D eigenvalue weighted by Crippen LogP contribution is 2.36. The number of hydrogen-bond donors (Lipinski definition) is 3. The monoisotopic (exact) mass is 367 g/mol. The zero-order valence-corrected chi connectivity index (χ0v) is 15.2. The zero-order chi connectivity index (χ0) is 19.0. The average Bonchev–Trinajstić information content (AvgIpc) is 3.10. The van der Waals surface area contributed by atoms with Crippen molar-refractivity contribution in [3.8, 4) is 11.5 Å². The van der Waals surface area contributed by atoms with Crippen molar-refractivity contribution >= 4 is 22.8 Å². The molecule has 1 aromatic carbocycles. The number of benzene rings is 1. The molecule has 0 radical (unpaired) electrons. The summed E-state index contributed by atoms with van der Waals surface area (Å²) in [5, 5.41) is 4.04. The van der Waals surface area contributed by atoms with Gasteiger partial charge in [0.1, 0.15) is 31.0 Å². The van der Waals surface area contributed by atoms with Crippen LogP contribution in [0.4, 0.5) is 5.82 Å². The summed E-state index contributed by atoms with van der Waals surface area (Å²) < 4.78 is 11.3. The van der Waals surface area contributed by atoms with Crippen molar-refractivity contribution in [1.29, 1.82) is 0 Å². The second kappa shape index (κ2) is 6.79. The van der Waals surface area contributed by atoms with E-state index in [0.717, 1.165) is 17.1 Å². The minimum absolute atomic E-state index is 0.0606. The molecule has 0 fully saturated rings. The SMILES string of the molecule is CC(C)[C@@H](Nc1ncnc2[nH]cc(C(N)=O)c12)c1ccc2c(c1)OCCO2. The maximum atomic E-state index is 11.8. The lowest BCUT2D eigenvalue weighted by Crippen LogP contribution is -2.20. The molecule has 0 unspecified atom stereocenters. The van der Waals surface area contributed by atoms with Crippen LogP contribution in [0.1, 0.15) is 35.8 Å². The van der Waals surface area contributed by atoms with Crippen LogP contribution in [0.2, 0.25) is 0 Å². The third-order valence-electron chi connectivity index (χ3n) is 4.62. The highest BCUT2D eigenvalue weighted by atomic mass is 16.6. The molecular formula is C19H21N5O3. The van der Waals surface area contributed by atoms with E-state index in [1.54, 1.807) is 6.20 Å². The van der Waals surface area contributed by atoms with Gasteiger partial charge in [-0.3, -0.25) is 4.79 Å². The van der Waals surface area contributed by atoms with Crippen LogP contribution in [0.3, 0.4) is 0 Å². The van der Waals surface area contributed by atoms with Gasteiger partial charge in [0.05, 0.1) is 17.0 Å². The number of anilines is 1. The van der Waals surface area contributed by atoms with Crippen molar-refractivity contribution in [2.24, 2.45) is 11.7 Å². The number of rotatable bonds is 5. The normalized spacial score (nSPS) is 14.3. The van der Waals surface area contributed by atoms with E-state index in [9.17, 15) is 4.79 Å². The molecular weight excluding hydrogens is 346 g/mol. The van der Waals surface area contributed by atoms with Gasteiger partial charge in [0, 0.05) is 6.20 Å². The molecule has 8 nitrogen and oxygen atoms in total. The lowest BCUT2D eigenvalue weighted by atomic mass is 9.95. The van der Waals surface area contributed by atoms with E-state index in [1.165, 1.54) is 6.33 Å². The average molecular weight is 367 g/mol. The van der Waals surface area contributed by atoms with Gasteiger partial charge in [-0.05, 0) is 23.6 Å². The molecule has 0 bridgehead atoms. The first-order valence-corrected chi connectivity index (χ1v) is 8.82. The van der Waals surface area contributed by atoms with Gasteiger partial charge in [0.2, 0.25) is 0 Å². The largest absolute Gasteiger partial charge is 0.486 e. The predicted molar refractivity (Wildman–Crippen MR) is 101 cm³/mol. The Balaban J connectivity index is 1.74. The molecule has 2 aromatic heterocycles. The number of fused-ring (bicyclic) bond motifs is 2. The Bertz CT molecular complexity index is 998. The van der Waals surface area contributed by atoms with E-state index in [2.05, 4.69) is 34.1 Å². The molecule has 0 saturated heterocycles. The Kier molecular flexibility index (Phi) is 4.31. The minimum Gasteiger partial charge on any atom is -0.486 e. The van der Waals surface area contributed by atoms with Crippen LogP contribution < -0.4 is 20.5 Å².